The second-order valence-corrected chi connectivity index (χ2v) is 5.94. The molecule has 1 aromatic rings. The summed E-state index contributed by atoms with van der Waals surface area (Å²) >= 11 is 0. The smallest absolute Gasteiger partial charge is 0.241 e. The van der Waals surface area contributed by atoms with Crippen LogP contribution in [0.1, 0.15) is 25.3 Å². The number of hydrogen-bond donors (Lipinski definition) is 2. The minimum Gasteiger partial charge on any atom is -0.372 e. The number of nitrogens with one attached hydrogen (secondary N) is 1. The van der Waals surface area contributed by atoms with Gasteiger partial charge in [-0.3, -0.25) is 9.69 Å². The van der Waals surface area contributed by atoms with Crippen LogP contribution in [0.5, 0.6) is 0 Å². The number of morpholine rings is 1. The summed E-state index contributed by atoms with van der Waals surface area (Å²) < 4.78 is 5.82. The maximum absolute atomic E-state index is 12.5. The van der Waals surface area contributed by atoms with Crippen molar-refractivity contribution >= 4 is 11.6 Å². The van der Waals surface area contributed by atoms with E-state index in [0.29, 0.717) is 18.8 Å². The standard InChI is InChI=1S/C16H23N3O2/c1-11(19-9-13-6-7-14(10-19)21-13)16(20)18-15-5-3-2-4-12(15)8-17/h2-5,11,13-14H,6-10,17H2,1H3,(H,18,20). The van der Waals surface area contributed by atoms with Gasteiger partial charge < -0.3 is 15.8 Å². The molecule has 1 aromatic carbocycles. The summed E-state index contributed by atoms with van der Waals surface area (Å²) in [5, 5.41) is 3.01. The molecule has 0 saturated carbocycles. The summed E-state index contributed by atoms with van der Waals surface area (Å²) in [6.45, 7) is 4.09. The molecule has 2 aliphatic rings. The van der Waals surface area contributed by atoms with Gasteiger partial charge in [0.2, 0.25) is 5.91 Å². The number of ether oxygens (including phenoxy) is 1. The van der Waals surface area contributed by atoms with Crippen molar-refractivity contribution in [1.82, 2.24) is 4.90 Å². The number of nitrogens with zero attached hydrogens (tertiary/aromatic N) is 1. The Bertz CT molecular complexity index is 508. The Morgan fingerprint density at radius 1 is 1.38 bits per heavy atom. The van der Waals surface area contributed by atoms with Gasteiger partial charge >= 0.3 is 0 Å². The number of carbonyl (C=O) groups excluding carboxylic acids is 1. The van der Waals surface area contributed by atoms with E-state index in [1.54, 1.807) is 0 Å². The molecule has 3 unspecified atom stereocenters. The van der Waals surface area contributed by atoms with Crippen molar-refractivity contribution in [2.75, 3.05) is 18.4 Å². The van der Waals surface area contributed by atoms with Gasteiger partial charge in [-0.1, -0.05) is 18.2 Å². The van der Waals surface area contributed by atoms with Crippen molar-refractivity contribution in [3.05, 3.63) is 29.8 Å². The first-order chi connectivity index (χ1) is 10.2. The number of fused-ring (bicyclic) bond motifs is 2. The van der Waals surface area contributed by atoms with E-state index in [-0.39, 0.29) is 11.9 Å². The van der Waals surface area contributed by atoms with Crippen molar-refractivity contribution in [2.45, 2.75) is 44.6 Å². The number of anilines is 1. The minimum absolute atomic E-state index is 0.0252. The van der Waals surface area contributed by atoms with Crippen LogP contribution in [0.4, 0.5) is 5.69 Å². The van der Waals surface area contributed by atoms with E-state index in [9.17, 15) is 4.79 Å². The van der Waals surface area contributed by atoms with E-state index in [1.165, 1.54) is 0 Å². The molecule has 2 aliphatic heterocycles. The first kappa shape index (κ1) is 14.5. The molecule has 21 heavy (non-hydrogen) atoms. The molecule has 2 saturated heterocycles. The number of para-hydroxylation sites is 1. The van der Waals surface area contributed by atoms with Crippen LogP contribution in [0.3, 0.4) is 0 Å². The summed E-state index contributed by atoms with van der Waals surface area (Å²) in [6.07, 6.45) is 2.84. The van der Waals surface area contributed by atoms with Crippen molar-refractivity contribution in [3.63, 3.8) is 0 Å². The van der Waals surface area contributed by atoms with E-state index in [0.717, 1.165) is 37.2 Å². The highest BCUT2D eigenvalue weighted by Gasteiger charge is 2.37. The zero-order chi connectivity index (χ0) is 14.8. The Morgan fingerprint density at radius 3 is 2.71 bits per heavy atom. The number of rotatable bonds is 4. The molecule has 0 aromatic heterocycles. The molecule has 0 aliphatic carbocycles. The fourth-order valence-corrected chi connectivity index (χ4v) is 3.19. The minimum atomic E-state index is -0.150. The summed E-state index contributed by atoms with van der Waals surface area (Å²) in [4.78, 5) is 14.7. The van der Waals surface area contributed by atoms with Crippen LogP contribution in [0.2, 0.25) is 0 Å². The number of likely N-dealkylation sites (tertiary alicyclic amines) is 1. The van der Waals surface area contributed by atoms with Crippen molar-refractivity contribution < 1.29 is 9.53 Å². The van der Waals surface area contributed by atoms with Gasteiger partial charge in [-0.05, 0) is 31.4 Å². The Hall–Kier alpha value is -1.43. The quantitative estimate of drug-likeness (QED) is 0.877. The zero-order valence-electron chi connectivity index (χ0n) is 12.4. The van der Waals surface area contributed by atoms with Crippen molar-refractivity contribution in [2.24, 2.45) is 5.73 Å². The normalized spacial score (nSPS) is 26.6. The maximum Gasteiger partial charge on any atom is 0.241 e. The SMILES string of the molecule is CC(C(=O)Nc1ccccc1CN)N1CC2CCC(C1)O2. The molecule has 2 bridgehead atoms. The lowest BCUT2D eigenvalue weighted by Gasteiger charge is -2.35. The molecule has 0 spiro atoms. The van der Waals surface area contributed by atoms with Crippen molar-refractivity contribution in [1.29, 1.82) is 0 Å². The lowest BCUT2D eigenvalue weighted by molar-refractivity contribution is -0.124. The lowest BCUT2D eigenvalue weighted by atomic mass is 10.1. The monoisotopic (exact) mass is 289 g/mol. The highest BCUT2D eigenvalue weighted by molar-refractivity contribution is 5.95. The van der Waals surface area contributed by atoms with E-state index in [4.69, 9.17) is 10.5 Å². The molecule has 3 atom stereocenters. The van der Waals surface area contributed by atoms with Crippen molar-refractivity contribution in [3.8, 4) is 0 Å². The number of hydrogen-bond acceptors (Lipinski definition) is 4. The molecule has 1 amide bonds. The van der Waals surface area contributed by atoms with Gasteiger partial charge in [0, 0.05) is 25.3 Å². The van der Waals surface area contributed by atoms with Crippen LogP contribution in [0, 0.1) is 0 Å². The summed E-state index contributed by atoms with van der Waals surface area (Å²) in [7, 11) is 0. The van der Waals surface area contributed by atoms with E-state index in [1.807, 2.05) is 31.2 Å². The molecular formula is C16H23N3O2. The van der Waals surface area contributed by atoms with Crippen LogP contribution >= 0.6 is 0 Å². The van der Waals surface area contributed by atoms with Gasteiger partial charge in [-0.2, -0.15) is 0 Å². The molecule has 5 nitrogen and oxygen atoms in total. The van der Waals surface area contributed by atoms with Gasteiger partial charge in [0.05, 0.1) is 18.2 Å². The van der Waals surface area contributed by atoms with Gasteiger partial charge in [0.25, 0.3) is 0 Å². The molecule has 114 valence electrons. The molecule has 0 radical (unpaired) electrons. The maximum atomic E-state index is 12.5. The van der Waals surface area contributed by atoms with Gasteiger partial charge in [-0.25, -0.2) is 0 Å². The summed E-state index contributed by atoms with van der Waals surface area (Å²) in [6, 6.07) is 7.53. The first-order valence-electron chi connectivity index (χ1n) is 7.65. The number of benzene rings is 1. The Labute approximate surface area is 125 Å². The second kappa shape index (κ2) is 6.13. The molecule has 5 heteroatoms. The molecule has 3 rings (SSSR count). The van der Waals surface area contributed by atoms with Gasteiger partial charge in [0.15, 0.2) is 0 Å². The van der Waals surface area contributed by atoms with E-state index < -0.39 is 0 Å². The van der Waals surface area contributed by atoms with Crippen LogP contribution in [0.25, 0.3) is 0 Å². The fraction of sp³-hybridized carbons (Fsp3) is 0.562. The third-order valence-corrected chi connectivity index (χ3v) is 4.49. The Balaban J connectivity index is 1.64. The Kier molecular flexibility index (Phi) is 4.24. The number of amides is 1. The summed E-state index contributed by atoms with van der Waals surface area (Å²) in [5.41, 5.74) is 7.48. The second-order valence-electron chi connectivity index (χ2n) is 5.94. The predicted octanol–water partition coefficient (Wildman–Crippen LogP) is 1.34. The lowest BCUT2D eigenvalue weighted by Crippen LogP contribution is -2.51. The van der Waals surface area contributed by atoms with Crippen LogP contribution in [-0.4, -0.2) is 42.1 Å². The molecular weight excluding hydrogens is 266 g/mol. The van der Waals surface area contributed by atoms with Gasteiger partial charge in [-0.15, -0.1) is 0 Å². The Morgan fingerprint density at radius 2 is 2.05 bits per heavy atom. The molecule has 2 fully saturated rings. The molecule has 3 N–H and O–H groups in total. The number of carbonyl (C=O) groups is 1. The van der Waals surface area contributed by atoms with E-state index >= 15 is 0 Å². The average Bonchev–Trinajstić information content (AvgIpc) is 2.85. The summed E-state index contributed by atoms with van der Waals surface area (Å²) in [5.74, 6) is 0.0252. The number of nitrogens with two attached hydrogens (primary N) is 1. The highest BCUT2D eigenvalue weighted by Crippen LogP contribution is 2.27. The van der Waals surface area contributed by atoms with Gasteiger partial charge in [0.1, 0.15) is 0 Å². The zero-order valence-corrected chi connectivity index (χ0v) is 12.4. The van der Waals surface area contributed by atoms with Crippen LogP contribution < -0.4 is 11.1 Å². The molecule has 2 heterocycles. The van der Waals surface area contributed by atoms with Crippen LogP contribution in [0.15, 0.2) is 24.3 Å². The van der Waals surface area contributed by atoms with Crippen LogP contribution in [-0.2, 0) is 16.1 Å². The highest BCUT2D eigenvalue weighted by atomic mass is 16.5. The topological polar surface area (TPSA) is 67.6 Å². The largest absolute Gasteiger partial charge is 0.372 e. The fourth-order valence-electron chi connectivity index (χ4n) is 3.19. The average molecular weight is 289 g/mol. The third-order valence-electron chi connectivity index (χ3n) is 4.49. The first-order valence-corrected chi connectivity index (χ1v) is 7.65. The van der Waals surface area contributed by atoms with E-state index in [2.05, 4.69) is 10.2 Å². The predicted molar refractivity (Wildman–Crippen MR) is 81.9 cm³/mol. The third kappa shape index (κ3) is 3.10.